The molecule has 1 N–H and O–H groups in total. The number of hydrogen-bond donors (Lipinski definition) is 1. The smallest absolute Gasteiger partial charge is 0.122 e. The van der Waals surface area contributed by atoms with Gasteiger partial charge >= 0.3 is 0 Å². The van der Waals surface area contributed by atoms with Crippen molar-refractivity contribution in [3.63, 3.8) is 0 Å². The Kier molecular flexibility index (Phi) is 5.66. The zero-order valence-electron chi connectivity index (χ0n) is 12.1. The molecule has 0 aliphatic carbocycles. The molecule has 0 saturated heterocycles. The molecule has 0 fully saturated rings. The maximum atomic E-state index is 5.96. The molecule has 2 aromatic rings. The van der Waals surface area contributed by atoms with Gasteiger partial charge < -0.3 is 9.73 Å². The van der Waals surface area contributed by atoms with Crippen LogP contribution in [0.3, 0.4) is 0 Å². The molecule has 0 radical (unpaired) electrons. The summed E-state index contributed by atoms with van der Waals surface area (Å²) in [4.78, 5) is 3.55. The van der Waals surface area contributed by atoms with Gasteiger partial charge in [-0.25, -0.2) is 0 Å². The van der Waals surface area contributed by atoms with Crippen LogP contribution in [-0.4, -0.2) is 18.0 Å². The first-order valence-electron chi connectivity index (χ1n) is 6.76. The topological polar surface area (TPSA) is 28.4 Å². The van der Waals surface area contributed by atoms with Crippen LogP contribution in [-0.2, 0) is 19.6 Å². The summed E-state index contributed by atoms with van der Waals surface area (Å²) in [5, 5.41) is 3.39. The lowest BCUT2D eigenvalue weighted by atomic mass is 10.2. The molecular weight excluding hydrogens is 292 g/mol. The Bertz CT molecular complexity index is 535. The van der Waals surface area contributed by atoms with E-state index >= 15 is 0 Å². The Balaban J connectivity index is 1.90. The van der Waals surface area contributed by atoms with Crippen molar-refractivity contribution in [1.29, 1.82) is 0 Å². The highest BCUT2D eigenvalue weighted by molar-refractivity contribution is 7.16. The lowest BCUT2D eigenvalue weighted by molar-refractivity contribution is 0.317. The molecule has 2 aromatic heterocycles. The molecule has 110 valence electrons. The van der Waals surface area contributed by atoms with Gasteiger partial charge in [0.25, 0.3) is 0 Å². The van der Waals surface area contributed by atoms with Crippen LogP contribution in [0.5, 0.6) is 0 Å². The van der Waals surface area contributed by atoms with Gasteiger partial charge in [0, 0.05) is 29.6 Å². The van der Waals surface area contributed by atoms with Gasteiger partial charge in [-0.1, -0.05) is 25.4 Å². The monoisotopic (exact) mass is 312 g/mol. The summed E-state index contributed by atoms with van der Waals surface area (Å²) < 4.78 is 6.41. The number of furan rings is 1. The van der Waals surface area contributed by atoms with Crippen LogP contribution in [0.15, 0.2) is 28.9 Å². The number of nitrogens with zero attached hydrogens (tertiary/aromatic N) is 1. The van der Waals surface area contributed by atoms with Crippen molar-refractivity contribution in [2.45, 2.75) is 39.5 Å². The first-order chi connectivity index (χ1) is 9.54. The minimum absolute atomic E-state index is 0.457. The lowest BCUT2D eigenvalue weighted by Crippen LogP contribution is -2.23. The van der Waals surface area contributed by atoms with E-state index in [1.54, 1.807) is 17.6 Å². The Labute approximate surface area is 129 Å². The normalized spacial score (nSPS) is 11.7. The van der Waals surface area contributed by atoms with Gasteiger partial charge in [-0.15, -0.1) is 11.3 Å². The van der Waals surface area contributed by atoms with Crippen LogP contribution in [0.25, 0.3) is 0 Å². The molecular formula is C15H21ClN2OS. The van der Waals surface area contributed by atoms with Crippen molar-refractivity contribution in [3.8, 4) is 0 Å². The summed E-state index contributed by atoms with van der Waals surface area (Å²) in [6, 6.07) is 6.54. The van der Waals surface area contributed by atoms with E-state index in [9.17, 15) is 0 Å². The van der Waals surface area contributed by atoms with Gasteiger partial charge in [0.15, 0.2) is 0 Å². The van der Waals surface area contributed by atoms with Crippen LogP contribution in [0.4, 0.5) is 0 Å². The van der Waals surface area contributed by atoms with Crippen molar-refractivity contribution < 1.29 is 4.42 Å². The van der Waals surface area contributed by atoms with Crippen LogP contribution < -0.4 is 5.32 Å². The van der Waals surface area contributed by atoms with Gasteiger partial charge in [-0.2, -0.15) is 0 Å². The highest BCUT2D eigenvalue weighted by atomic mass is 35.5. The molecule has 0 aliphatic rings. The standard InChI is InChI=1S/C15H21ClN2OS/c1-11(2)17-8-14-12(6-7-19-14)9-18(3)10-13-4-5-15(16)20-13/h4-7,11,17H,8-10H2,1-3H3. The van der Waals surface area contributed by atoms with Crippen molar-refractivity contribution in [2.24, 2.45) is 0 Å². The maximum absolute atomic E-state index is 5.96. The van der Waals surface area contributed by atoms with E-state index in [1.807, 2.05) is 6.07 Å². The van der Waals surface area contributed by atoms with Gasteiger partial charge in [0.2, 0.25) is 0 Å². The fourth-order valence-electron chi connectivity index (χ4n) is 2.01. The van der Waals surface area contributed by atoms with E-state index < -0.39 is 0 Å². The predicted molar refractivity (Wildman–Crippen MR) is 85.2 cm³/mol. The molecule has 0 saturated carbocycles. The molecule has 0 amide bonds. The number of hydrogen-bond acceptors (Lipinski definition) is 4. The molecule has 0 aliphatic heterocycles. The SMILES string of the molecule is CC(C)NCc1occc1CN(C)Cc1ccc(Cl)s1. The summed E-state index contributed by atoms with van der Waals surface area (Å²) in [6.07, 6.45) is 1.77. The molecule has 3 nitrogen and oxygen atoms in total. The number of rotatable bonds is 7. The molecule has 0 bridgehead atoms. The quantitative estimate of drug-likeness (QED) is 0.833. The Morgan fingerprint density at radius 1 is 1.30 bits per heavy atom. The van der Waals surface area contributed by atoms with Gasteiger partial charge in [0.1, 0.15) is 5.76 Å². The lowest BCUT2D eigenvalue weighted by Gasteiger charge is -2.16. The second-order valence-electron chi connectivity index (χ2n) is 5.28. The van der Waals surface area contributed by atoms with Crippen molar-refractivity contribution in [2.75, 3.05) is 7.05 Å². The molecule has 0 aromatic carbocycles. The first-order valence-corrected chi connectivity index (χ1v) is 7.95. The molecule has 0 atom stereocenters. The van der Waals surface area contributed by atoms with Crippen molar-refractivity contribution in [1.82, 2.24) is 10.2 Å². The summed E-state index contributed by atoms with van der Waals surface area (Å²) in [5.74, 6) is 1.02. The minimum Gasteiger partial charge on any atom is -0.468 e. The second kappa shape index (κ2) is 7.27. The predicted octanol–water partition coefficient (Wildman–Crippen LogP) is 4.12. The number of thiophene rings is 1. The van der Waals surface area contributed by atoms with E-state index in [-0.39, 0.29) is 0 Å². The summed E-state index contributed by atoms with van der Waals surface area (Å²) in [7, 11) is 2.11. The molecule has 0 unspecified atom stereocenters. The fraction of sp³-hybridized carbons (Fsp3) is 0.467. The van der Waals surface area contributed by atoms with Crippen LogP contribution in [0.2, 0.25) is 4.34 Å². The van der Waals surface area contributed by atoms with E-state index in [2.05, 4.69) is 43.2 Å². The molecule has 20 heavy (non-hydrogen) atoms. The van der Waals surface area contributed by atoms with E-state index in [0.29, 0.717) is 6.04 Å². The third-order valence-electron chi connectivity index (χ3n) is 3.00. The Morgan fingerprint density at radius 2 is 2.10 bits per heavy atom. The zero-order valence-corrected chi connectivity index (χ0v) is 13.7. The molecule has 0 spiro atoms. The third-order valence-corrected chi connectivity index (χ3v) is 4.22. The highest BCUT2D eigenvalue weighted by Crippen LogP contribution is 2.23. The first kappa shape index (κ1) is 15.6. The van der Waals surface area contributed by atoms with Gasteiger partial charge in [-0.3, -0.25) is 4.90 Å². The van der Waals surface area contributed by atoms with Crippen molar-refractivity contribution >= 4 is 22.9 Å². The largest absolute Gasteiger partial charge is 0.468 e. The average Bonchev–Trinajstić information content (AvgIpc) is 2.96. The van der Waals surface area contributed by atoms with Crippen LogP contribution >= 0.6 is 22.9 Å². The Hall–Kier alpha value is -0.810. The van der Waals surface area contributed by atoms with Gasteiger partial charge in [0.05, 0.1) is 17.1 Å². The van der Waals surface area contributed by atoms with Crippen LogP contribution in [0, 0.1) is 0 Å². The summed E-state index contributed by atoms with van der Waals surface area (Å²) in [6.45, 7) is 6.82. The fourth-order valence-corrected chi connectivity index (χ4v) is 3.18. The molecule has 5 heteroatoms. The second-order valence-corrected chi connectivity index (χ2v) is 7.08. The highest BCUT2D eigenvalue weighted by Gasteiger charge is 2.10. The van der Waals surface area contributed by atoms with Crippen molar-refractivity contribution in [3.05, 3.63) is 45.0 Å². The maximum Gasteiger partial charge on any atom is 0.122 e. The Morgan fingerprint density at radius 3 is 2.75 bits per heavy atom. The minimum atomic E-state index is 0.457. The molecule has 2 rings (SSSR count). The average molecular weight is 313 g/mol. The number of nitrogens with one attached hydrogen (secondary N) is 1. The molecule has 2 heterocycles. The van der Waals surface area contributed by atoms with Gasteiger partial charge in [-0.05, 0) is 25.2 Å². The number of halogens is 1. The van der Waals surface area contributed by atoms with E-state index in [0.717, 1.165) is 29.7 Å². The summed E-state index contributed by atoms with van der Waals surface area (Å²) >= 11 is 7.59. The summed E-state index contributed by atoms with van der Waals surface area (Å²) in [5.41, 5.74) is 1.24. The zero-order chi connectivity index (χ0) is 14.5. The van der Waals surface area contributed by atoms with Crippen LogP contribution in [0.1, 0.15) is 30.0 Å². The van der Waals surface area contributed by atoms with E-state index in [4.69, 9.17) is 16.0 Å². The van der Waals surface area contributed by atoms with E-state index in [1.165, 1.54) is 10.4 Å². The third kappa shape index (κ3) is 4.63.